The molecule has 3 atom stereocenters. The highest BCUT2D eigenvalue weighted by atomic mass is 35.5. The van der Waals surface area contributed by atoms with Crippen LogP contribution in [0.5, 0.6) is 0 Å². The van der Waals surface area contributed by atoms with Crippen molar-refractivity contribution < 1.29 is 23.1 Å². The molecule has 2 aliphatic heterocycles. The molecule has 3 aliphatic rings. The molecule has 1 spiro atoms. The number of rotatable bonds is 5. The molecule has 0 aromatic heterocycles. The molecular formula is C22H29ClF3N3O2. The van der Waals surface area contributed by atoms with Gasteiger partial charge in [-0.2, -0.15) is 13.2 Å². The number of benzene rings is 1. The molecule has 1 aromatic carbocycles. The van der Waals surface area contributed by atoms with Crippen LogP contribution in [0.3, 0.4) is 0 Å². The zero-order valence-corrected chi connectivity index (χ0v) is 18.3. The summed E-state index contributed by atoms with van der Waals surface area (Å²) in [6, 6.07) is 3.54. The number of nitrogens with one attached hydrogen (secondary N) is 1. The summed E-state index contributed by atoms with van der Waals surface area (Å²) >= 11 is 6.02. The third kappa shape index (κ3) is 4.72. The number of hydrogen-bond acceptors (Lipinski definition) is 4. The highest BCUT2D eigenvalue weighted by Crippen LogP contribution is 2.54. The summed E-state index contributed by atoms with van der Waals surface area (Å²) in [6.45, 7) is 5.11. The number of piperazine rings is 1. The standard InChI is InChI=1S/C22H29ClF3N3O2/c1-14-20(31)27-8-11-28(14)9-4-18(29-10-7-21(5-6-21)19(30)13-29)15-2-3-16(17(23)12-15)22(24,25)26/h2-3,12,14,18-19,30H,4-11,13H2,1H3,(H,27,31)/t14-,18?,19+/m0/s1. The first-order valence-electron chi connectivity index (χ1n) is 10.9. The van der Waals surface area contributed by atoms with Gasteiger partial charge in [0.2, 0.25) is 5.91 Å². The zero-order chi connectivity index (χ0) is 22.4. The summed E-state index contributed by atoms with van der Waals surface area (Å²) in [5, 5.41) is 13.2. The van der Waals surface area contributed by atoms with Crippen molar-refractivity contribution in [3.8, 4) is 0 Å². The molecule has 9 heteroatoms. The molecule has 1 saturated carbocycles. The van der Waals surface area contributed by atoms with Crippen LogP contribution in [0.1, 0.15) is 49.8 Å². The summed E-state index contributed by atoms with van der Waals surface area (Å²) in [6.07, 6.45) is -1.31. The predicted octanol–water partition coefficient (Wildman–Crippen LogP) is 3.46. The van der Waals surface area contributed by atoms with Gasteiger partial charge in [-0.25, -0.2) is 0 Å². The number of β-amino-alcohol motifs (C(OH)–C–C–N with tert-alkyl or cyclic N) is 1. The van der Waals surface area contributed by atoms with E-state index < -0.39 is 17.8 Å². The molecule has 31 heavy (non-hydrogen) atoms. The summed E-state index contributed by atoms with van der Waals surface area (Å²) in [5.41, 5.74) is -0.0853. The number of hydrogen-bond donors (Lipinski definition) is 2. The van der Waals surface area contributed by atoms with Crippen LogP contribution < -0.4 is 5.32 Å². The Morgan fingerprint density at radius 1 is 1.29 bits per heavy atom. The van der Waals surface area contributed by atoms with Crippen LogP contribution in [0, 0.1) is 5.41 Å². The SMILES string of the molecule is C[C@H]1C(=O)NCCN1CCC(c1ccc(C(F)(F)F)c(Cl)c1)N1CCC2(CC2)[C@H](O)C1. The monoisotopic (exact) mass is 459 g/mol. The molecule has 1 aromatic rings. The third-order valence-corrected chi connectivity index (χ3v) is 7.66. The minimum atomic E-state index is -4.50. The number of piperidine rings is 1. The number of nitrogens with zero attached hydrogens (tertiary/aromatic N) is 2. The molecule has 1 amide bonds. The first-order chi connectivity index (χ1) is 14.6. The number of halogens is 4. The number of amides is 1. The van der Waals surface area contributed by atoms with Crippen LogP contribution in [-0.4, -0.2) is 65.7 Å². The predicted molar refractivity (Wildman–Crippen MR) is 112 cm³/mol. The molecule has 2 N–H and O–H groups in total. The van der Waals surface area contributed by atoms with E-state index in [-0.39, 0.29) is 28.4 Å². The summed E-state index contributed by atoms with van der Waals surface area (Å²) in [5.74, 6) is -0.00977. The van der Waals surface area contributed by atoms with E-state index in [1.54, 1.807) is 0 Å². The highest BCUT2D eigenvalue weighted by molar-refractivity contribution is 6.31. The average Bonchev–Trinajstić information content (AvgIpc) is 3.48. The fraction of sp³-hybridized carbons (Fsp3) is 0.682. The maximum atomic E-state index is 13.2. The molecule has 172 valence electrons. The topological polar surface area (TPSA) is 55.8 Å². The van der Waals surface area contributed by atoms with E-state index in [0.29, 0.717) is 31.6 Å². The number of alkyl halides is 3. The quantitative estimate of drug-likeness (QED) is 0.708. The Balaban J connectivity index is 1.55. The smallest absolute Gasteiger partial charge is 0.391 e. The van der Waals surface area contributed by atoms with Gasteiger partial charge in [-0.1, -0.05) is 17.7 Å². The van der Waals surface area contributed by atoms with Gasteiger partial charge in [0.1, 0.15) is 0 Å². The van der Waals surface area contributed by atoms with Crippen LogP contribution in [-0.2, 0) is 11.0 Å². The van der Waals surface area contributed by atoms with Crippen molar-refractivity contribution in [2.24, 2.45) is 5.41 Å². The van der Waals surface area contributed by atoms with Gasteiger partial charge in [0.15, 0.2) is 0 Å². The third-order valence-electron chi connectivity index (χ3n) is 7.34. The van der Waals surface area contributed by atoms with E-state index in [1.807, 2.05) is 6.92 Å². The molecule has 3 fully saturated rings. The van der Waals surface area contributed by atoms with Crippen LogP contribution in [0.2, 0.25) is 5.02 Å². The maximum Gasteiger partial charge on any atom is 0.417 e. The van der Waals surface area contributed by atoms with Crippen LogP contribution in [0.25, 0.3) is 0 Å². The number of carbonyl (C=O) groups is 1. The van der Waals surface area contributed by atoms with Gasteiger partial charge >= 0.3 is 6.18 Å². The van der Waals surface area contributed by atoms with Crippen LogP contribution in [0.4, 0.5) is 13.2 Å². The number of aliphatic hydroxyl groups is 1. The number of likely N-dealkylation sites (tertiary alicyclic amines) is 1. The molecule has 5 nitrogen and oxygen atoms in total. The molecular weight excluding hydrogens is 431 g/mol. The number of aliphatic hydroxyl groups excluding tert-OH is 1. The molecule has 2 heterocycles. The van der Waals surface area contributed by atoms with E-state index >= 15 is 0 Å². The van der Waals surface area contributed by atoms with E-state index in [2.05, 4.69) is 15.1 Å². The molecule has 0 bridgehead atoms. The summed E-state index contributed by atoms with van der Waals surface area (Å²) in [4.78, 5) is 16.3. The fourth-order valence-electron chi connectivity index (χ4n) is 5.02. The second kappa shape index (κ2) is 8.54. The second-order valence-electron chi connectivity index (χ2n) is 9.17. The summed E-state index contributed by atoms with van der Waals surface area (Å²) < 4.78 is 39.5. The first kappa shape index (κ1) is 22.8. The Labute approximate surface area is 185 Å². The minimum absolute atomic E-state index is 0.00977. The molecule has 4 rings (SSSR count). The van der Waals surface area contributed by atoms with Crippen molar-refractivity contribution in [1.29, 1.82) is 0 Å². The van der Waals surface area contributed by atoms with Crippen molar-refractivity contribution >= 4 is 17.5 Å². The second-order valence-corrected chi connectivity index (χ2v) is 9.57. The van der Waals surface area contributed by atoms with E-state index in [0.717, 1.165) is 38.4 Å². The lowest BCUT2D eigenvalue weighted by Crippen LogP contribution is -2.54. The Bertz CT molecular complexity index is 831. The van der Waals surface area contributed by atoms with Gasteiger partial charge in [0.25, 0.3) is 0 Å². The minimum Gasteiger partial charge on any atom is -0.391 e. The van der Waals surface area contributed by atoms with Crippen LogP contribution in [0.15, 0.2) is 18.2 Å². The van der Waals surface area contributed by atoms with Gasteiger partial charge in [0, 0.05) is 32.2 Å². The molecule has 2 saturated heterocycles. The largest absolute Gasteiger partial charge is 0.417 e. The van der Waals surface area contributed by atoms with E-state index in [4.69, 9.17) is 11.6 Å². The van der Waals surface area contributed by atoms with E-state index in [1.165, 1.54) is 12.1 Å². The van der Waals surface area contributed by atoms with E-state index in [9.17, 15) is 23.1 Å². The van der Waals surface area contributed by atoms with Crippen molar-refractivity contribution in [2.75, 3.05) is 32.7 Å². The Morgan fingerprint density at radius 3 is 2.65 bits per heavy atom. The Morgan fingerprint density at radius 2 is 2.03 bits per heavy atom. The van der Waals surface area contributed by atoms with Crippen molar-refractivity contribution in [2.45, 2.75) is 57.0 Å². The van der Waals surface area contributed by atoms with Gasteiger partial charge < -0.3 is 10.4 Å². The van der Waals surface area contributed by atoms with Crippen molar-refractivity contribution in [1.82, 2.24) is 15.1 Å². The molecule has 1 aliphatic carbocycles. The average molecular weight is 460 g/mol. The number of carbonyl (C=O) groups excluding carboxylic acids is 1. The van der Waals surface area contributed by atoms with Gasteiger partial charge in [0.05, 0.1) is 22.7 Å². The zero-order valence-electron chi connectivity index (χ0n) is 17.6. The lowest BCUT2D eigenvalue weighted by Gasteiger charge is -2.42. The van der Waals surface area contributed by atoms with Gasteiger partial charge in [-0.15, -0.1) is 0 Å². The van der Waals surface area contributed by atoms with Gasteiger partial charge in [-0.05, 0) is 62.3 Å². The Kier molecular flexibility index (Phi) is 6.29. The maximum absolute atomic E-state index is 13.2. The Hall–Kier alpha value is -1.35. The lowest BCUT2D eigenvalue weighted by atomic mass is 9.88. The fourth-order valence-corrected chi connectivity index (χ4v) is 5.31. The highest BCUT2D eigenvalue weighted by Gasteiger charge is 2.52. The van der Waals surface area contributed by atoms with Crippen molar-refractivity contribution in [3.05, 3.63) is 34.3 Å². The first-order valence-corrected chi connectivity index (χ1v) is 11.3. The normalized spacial score (nSPS) is 27.9. The molecule has 0 radical (unpaired) electrons. The summed E-state index contributed by atoms with van der Waals surface area (Å²) in [7, 11) is 0. The molecule has 1 unspecified atom stereocenters. The lowest BCUT2D eigenvalue weighted by molar-refractivity contribution is -0.137. The van der Waals surface area contributed by atoms with Gasteiger partial charge in [-0.3, -0.25) is 14.6 Å². The van der Waals surface area contributed by atoms with Crippen molar-refractivity contribution in [3.63, 3.8) is 0 Å². The van der Waals surface area contributed by atoms with Crippen LogP contribution >= 0.6 is 11.6 Å².